The largest absolute Gasteiger partial charge is 0.385 e. The van der Waals surface area contributed by atoms with Crippen molar-refractivity contribution >= 4 is 17.3 Å². The van der Waals surface area contributed by atoms with E-state index in [4.69, 9.17) is 11.6 Å². The molecule has 0 aliphatic heterocycles. The first-order valence-corrected chi connectivity index (χ1v) is 5.35. The maximum Gasteiger partial charge on any atom is 0.0426 e. The minimum absolute atomic E-state index is 0.783. The van der Waals surface area contributed by atoms with Crippen molar-refractivity contribution in [3.63, 3.8) is 0 Å². The lowest BCUT2D eigenvalue weighted by atomic mass is 10.3. The molecule has 1 aromatic carbocycles. The first-order valence-electron chi connectivity index (χ1n) is 4.97. The Morgan fingerprint density at radius 2 is 2.00 bits per heavy atom. The number of benzene rings is 1. The van der Waals surface area contributed by atoms with Gasteiger partial charge in [-0.2, -0.15) is 0 Å². The van der Waals surface area contributed by atoms with E-state index in [9.17, 15) is 0 Å². The van der Waals surface area contributed by atoms with E-state index < -0.39 is 0 Å². The highest BCUT2D eigenvalue weighted by Crippen LogP contribution is 2.14. The summed E-state index contributed by atoms with van der Waals surface area (Å²) >= 11 is 5.86. The lowest BCUT2D eigenvalue weighted by molar-refractivity contribution is 0.694. The third-order valence-electron chi connectivity index (χ3n) is 2.01. The van der Waals surface area contributed by atoms with E-state index in [2.05, 4.69) is 10.6 Å². The molecule has 0 amide bonds. The summed E-state index contributed by atoms with van der Waals surface area (Å²) in [6.07, 6.45) is 2.37. The molecule has 0 aromatic heterocycles. The lowest BCUT2D eigenvalue weighted by Gasteiger charge is -2.06. The van der Waals surface area contributed by atoms with Gasteiger partial charge in [-0.15, -0.1) is 0 Å². The molecule has 0 atom stereocenters. The summed E-state index contributed by atoms with van der Waals surface area (Å²) in [5.74, 6) is 0. The van der Waals surface area contributed by atoms with Crippen molar-refractivity contribution in [2.75, 3.05) is 25.5 Å². The molecule has 78 valence electrons. The van der Waals surface area contributed by atoms with Gasteiger partial charge in [0.15, 0.2) is 0 Å². The molecule has 0 saturated heterocycles. The Kier molecular flexibility index (Phi) is 5.42. The molecule has 0 fully saturated rings. The van der Waals surface area contributed by atoms with Gasteiger partial charge in [-0.1, -0.05) is 17.7 Å². The van der Waals surface area contributed by atoms with E-state index in [0.29, 0.717) is 0 Å². The van der Waals surface area contributed by atoms with Crippen LogP contribution in [0.5, 0.6) is 0 Å². The van der Waals surface area contributed by atoms with E-state index in [1.807, 2.05) is 31.3 Å². The van der Waals surface area contributed by atoms with Gasteiger partial charge in [0.1, 0.15) is 0 Å². The zero-order valence-electron chi connectivity index (χ0n) is 8.52. The number of anilines is 1. The van der Waals surface area contributed by atoms with Crippen LogP contribution in [0, 0.1) is 0 Å². The first-order chi connectivity index (χ1) is 6.83. The van der Waals surface area contributed by atoms with Crippen LogP contribution in [0.3, 0.4) is 0 Å². The maximum absolute atomic E-state index is 5.86. The maximum atomic E-state index is 5.86. The van der Waals surface area contributed by atoms with Crippen molar-refractivity contribution in [2.24, 2.45) is 0 Å². The molecule has 1 rings (SSSR count). The first kappa shape index (κ1) is 11.3. The van der Waals surface area contributed by atoms with Crippen molar-refractivity contribution in [3.05, 3.63) is 29.3 Å². The molecule has 0 aliphatic carbocycles. The fraction of sp³-hybridized carbons (Fsp3) is 0.455. The summed E-state index contributed by atoms with van der Waals surface area (Å²) in [6, 6.07) is 7.82. The Hall–Kier alpha value is -0.730. The van der Waals surface area contributed by atoms with Crippen LogP contribution in [0.4, 0.5) is 5.69 Å². The second-order valence-electron chi connectivity index (χ2n) is 3.25. The van der Waals surface area contributed by atoms with Crippen molar-refractivity contribution in [3.8, 4) is 0 Å². The van der Waals surface area contributed by atoms with Gasteiger partial charge in [0, 0.05) is 17.3 Å². The van der Waals surface area contributed by atoms with Crippen LogP contribution >= 0.6 is 11.6 Å². The van der Waals surface area contributed by atoms with E-state index in [0.717, 1.165) is 23.8 Å². The van der Waals surface area contributed by atoms with Gasteiger partial charge in [-0.3, -0.25) is 0 Å². The fourth-order valence-electron chi connectivity index (χ4n) is 1.26. The molecular formula is C11H17ClN2. The average Bonchev–Trinajstić information content (AvgIpc) is 2.18. The highest BCUT2D eigenvalue weighted by atomic mass is 35.5. The smallest absolute Gasteiger partial charge is 0.0426 e. The number of nitrogens with one attached hydrogen (secondary N) is 2. The summed E-state index contributed by atoms with van der Waals surface area (Å²) in [5.41, 5.74) is 1.10. The van der Waals surface area contributed by atoms with Crippen LogP contribution in [0.15, 0.2) is 24.3 Å². The lowest BCUT2D eigenvalue weighted by Crippen LogP contribution is -2.10. The van der Waals surface area contributed by atoms with Gasteiger partial charge < -0.3 is 10.6 Å². The Balaban J connectivity index is 2.18. The van der Waals surface area contributed by atoms with Crippen molar-refractivity contribution in [1.82, 2.24) is 5.32 Å². The number of halogens is 1. The molecule has 0 radical (unpaired) electrons. The second-order valence-corrected chi connectivity index (χ2v) is 3.68. The summed E-state index contributed by atoms with van der Waals surface area (Å²) in [4.78, 5) is 0. The van der Waals surface area contributed by atoms with Crippen molar-refractivity contribution < 1.29 is 0 Å². The average molecular weight is 213 g/mol. The summed E-state index contributed by atoms with van der Waals surface area (Å²) < 4.78 is 0. The van der Waals surface area contributed by atoms with Crippen LogP contribution in [-0.2, 0) is 0 Å². The highest BCUT2D eigenvalue weighted by Gasteiger charge is 1.92. The standard InChI is InChI=1S/C11H17ClN2/c1-13-7-2-3-8-14-11-6-4-5-10(12)9-11/h4-6,9,13-14H,2-3,7-8H2,1H3. The van der Waals surface area contributed by atoms with Gasteiger partial charge in [-0.05, 0) is 44.6 Å². The molecule has 1 aromatic rings. The van der Waals surface area contributed by atoms with Gasteiger partial charge in [0.2, 0.25) is 0 Å². The van der Waals surface area contributed by atoms with E-state index >= 15 is 0 Å². The predicted octanol–water partition coefficient (Wildman–Crippen LogP) is 2.75. The number of hydrogen-bond donors (Lipinski definition) is 2. The molecule has 0 bridgehead atoms. The molecule has 0 saturated carbocycles. The molecule has 3 heteroatoms. The van der Waals surface area contributed by atoms with Crippen molar-refractivity contribution in [2.45, 2.75) is 12.8 Å². The van der Waals surface area contributed by atoms with Crippen molar-refractivity contribution in [1.29, 1.82) is 0 Å². The molecule has 0 spiro atoms. The highest BCUT2D eigenvalue weighted by molar-refractivity contribution is 6.30. The topological polar surface area (TPSA) is 24.1 Å². The Morgan fingerprint density at radius 1 is 1.21 bits per heavy atom. The Labute approximate surface area is 90.7 Å². The van der Waals surface area contributed by atoms with Crippen LogP contribution < -0.4 is 10.6 Å². The zero-order chi connectivity index (χ0) is 10.2. The fourth-order valence-corrected chi connectivity index (χ4v) is 1.45. The van der Waals surface area contributed by atoms with Crippen LogP contribution in [0.25, 0.3) is 0 Å². The van der Waals surface area contributed by atoms with Crippen LogP contribution in [-0.4, -0.2) is 20.1 Å². The molecule has 0 unspecified atom stereocenters. The van der Waals surface area contributed by atoms with Gasteiger partial charge in [0.05, 0.1) is 0 Å². The molecule has 0 heterocycles. The van der Waals surface area contributed by atoms with Gasteiger partial charge in [0.25, 0.3) is 0 Å². The quantitative estimate of drug-likeness (QED) is 0.709. The third-order valence-corrected chi connectivity index (χ3v) is 2.24. The SMILES string of the molecule is CNCCCCNc1cccc(Cl)c1. The summed E-state index contributed by atoms with van der Waals surface area (Å²) in [7, 11) is 1.98. The predicted molar refractivity (Wildman–Crippen MR) is 63.1 cm³/mol. The van der Waals surface area contributed by atoms with Crippen LogP contribution in [0.2, 0.25) is 5.02 Å². The van der Waals surface area contributed by atoms with Crippen LogP contribution in [0.1, 0.15) is 12.8 Å². The monoisotopic (exact) mass is 212 g/mol. The Bertz CT molecular complexity index is 263. The van der Waals surface area contributed by atoms with E-state index in [1.54, 1.807) is 0 Å². The number of hydrogen-bond acceptors (Lipinski definition) is 2. The molecular weight excluding hydrogens is 196 g/mol. The zero-order valence-corrected chi connectivity index (χ0v) is 9.27. The molecule has 14 heavy (non-hydrogen) atoms. The summed E-state index contributed by atoms with van der Waals surface area (Å²) in [5, 5.41) is 7.24. The minimum Gasteiger partial charge on any atom is -0.385 e. The molecule has 2 N–H and O–H groups in total. The number of unbranched alkanes of at least 4 members (excludes halogenated alkanes) is 1. The van der Waals surface area contributed by atoms with E-state index in [-0.39, 0.29) is 0 Å². The molecule has 2 nitrogen and oxygen atoms in total. The summed E-state index contributed by atoms with van der Waals surface area (Å²) in [6.45, 7) is 2.08. The second kappa shape index (κ2) is 6.68. The third kappa shape index (κ3) is 4.49. The normalized spacial score (nSPS) is 10.1. The molecule has 0 aliphatic rings. The number of rotatable bonds is 6. The Morgan fingerprint density at radius 3 is 2.71 bits per heavy atom. The van der Waals surface area contributed by atoms with Gasteiger partial charge >= 0.3 is 0 Å². The van der Waals surface area contributed by atoms with Gasteiger partial charge in [-0.25, -0.2) is 0 Å². The van der Waals surface area contributed by atoms with E-state index in [1.165, 1.54) is 12.8 Å². The minimum atomic E-state index is 0.783.